The van der Waals surface area contributed by atoms with Crippen LogP contribution in [-0.2, 0) is 0 Å². The highest BCUT2D eigenvalue weighted by molar-refractivity contribution is 6.33. The summed E-state index contributed by atoms with van der Waals surface area (Å²) in [5.41, 5.74) is 1.37. The number of amides is 1. The average Bonchev–Trinajstić information content (AvgIpc) is 2.62. The zero-order valence-corrected chi connectivity index (χ0v) is 18.6. The Bertz CT molecular complexity index is 887. The van der Waals surface area contributed by atoms with E-state index in [1.807, 2.05) is 20.8 Å². The number of rotatable bonds is 6. The fourth-order valence-corrected chi connectivity index (χ4v) is 3.31. The molecule has 2 aromatic carbocycles. The van der Waals surface area contributed by atoms with Crippen molar-refractivity contribution >= 4 is 34.8 Å². The lowest BCUT2D eigenvalue weighted by molar-refractivity contribution is 0.102. The molecule has 1 amide bonds. The van der Waals surface area contributed by atoms with Crippen LogP contribution in [0.2, 0.25) is 10.0 Å². The van der Waals surface area contributed by atoms with Crippen LogP contribution >= 0.6 is 23.2 Å². The highest BCUT2D eigenvalue weighted by atomic mass is 35.5. The van der Waals surface area contributed by atoms with Gasteiger partial charge in [-0.25, -0.2) is 0 Å². The normalized spacial score (nSPS) is 12.6. The first-order valence-electron chi connectivity index (χ1n) is 9.04. The minimum atomic E-state index is -0.874. The number of ether oxygens (including phenoxy) is 1. The van der Waals surface area contributed by atoms with E-state index in [-0.39, 0.29) is 28.5 Å². The number of aromatic hydroxyl groups is 1. The van der Waals surface area contributed by atoms with Gasteiger partial charge in [-0.15, -0.1) is 0 Å². The van der Waals surface area contributed by atoms with E-state index < -0.39 is 12.0 Å². The Morgan fingerprint density at radius 3 is 2.38 bits per heavy atom. The molecule has 1 unspecified atom stereocenters. The van der Waals surface area contributed by atoms with Crippen molar-refractivity contribution in [3.8, 4) is 11.5 Å². The molecule has 0 aliphatic carbocycles. The van der Waals surface area contributed by atoms with Crippen LogP contribution in [0.1, 0.15) is 48.4 Å². The predicted molar refractivity (Wildman–Crippen MR) is 117 cm³/mol. The van der Waals surface area contributed by atoms with Gasteiger partial charge in [0.15, 0.2) is 5.75 Å². The van der Waals surface area contributed by atoms with Crippen LogP contribution in [0.5, 0.6) is 11.5 Å². The molecule has 0 saturated carbocycles. The van der Waals surface area contributed by atoms with E-state index in [1.54, 1.807) is 13.0 Å². The number of aryl methyl sites for hydroxylation is 1. The highest BCUT2D eigenvalue weighted by Gasteiger charge is 2.19. The lowest BCUT2D eigenvalue weighted by atomic mass is 10.0. The molecule has 0 aliphatic heterocycles. The lowest BCUT2D eigenvalue weighted by Gasteiger charge is -2.23. The number of β-amino-alcohol motifs (C(OH)–C–C–N with tert-alkyl or cyclic N) is 1. The Balaban J connectivity index is 2.28. The summed E-state index contributed by atoms with van der Waals surface area (Å²) in [7, 11) is 1.50. The van der Waals surface area contributed by atoms with E-state index in [4.69, 9.17) is 27.9 Å². The van der Waals surface area contributed by atoms with Crippen LogP contribution in [0.25, 0.3) is 0 Å². The Morgan fingerprint density at radius 1 is 1.17 bits per heavy atom. The summed E-state index contributed by atoms with van der Waals surface area (Å²) in [6.07, 6.45) is -0.874. The number of nitrogens with one attached hydrogen (secondary N) is 2. The molecule has 0 fully saturated rings. The molecule has 2 rings (SSSR count). The summed E-state index contributed by atoms with van der Waals surface area (Å²) in [4.78, 5) is 12.7. The summed E-state index contributed by atoms with van der Waals surface area (Å²) in [5.74, 6) is -0.273. The van der Waals surface area contributed by atoms with Crippen LogP contribution in [0.3, 0.4) is 0 Å². The lowest BCUT2D eigenvalue weighted by Crippen LogP contribution is -2.38. The van der Waals surface area contributed by atoms with Gasteiger partial charge < -0.3 is 25.6 Å². The third-order valence-electron chi connectivity index (χ3n) is 4.24. The number of anilines is 1. The molecule has 8 heteroatoms. The maximum Gasteiger partial charge on any atom is 0.255 e. The minimum Gasteiger partial charge on any atom is -0.504 e. The summed E-state index contributed by atoms with van der Waals surface area (Å²) in [6, 6.07) is 6.07. The molecule has 0 radical (unpaired) electrons. The molecular formula is C21H26Cl2N2O4. The monoisotopic (exact) mass is 440 g/mol. The first-order valence-corrected chi connectivity index (χ1v) is 9.79. The van der Waals surface area contributed by atoms with Crippen LogP contribution < -0.4 is 15.4 Å². The Kier molecular flexibility index (Phi) is 7.40. The van der Waals surface area contributed by atoms with Crippen molar-refractivity contribution in [2.75, 3.05) is 19.0 Å². The van der Waals surface area contributed by atoms with Gasteiger partial charge in [0.05, 0.1) is 28.9 Å². The second-order valence-electron chi connectivity index (χ2n) is 7.81. The van der Waals surface area contributed by atoms with Crippen molar-refractivity contribution in [3.05, 3.63) is 51.0 Å². The second-order valence-corrected chi connectivity index (χ2v) is 8.62. The van der Waals surface area contributed by atoms with Crippen LogP contribution in [0.15, 0.2) is 24.3 Å². The molecular weight excluding hydrogens is 415 g/mol. The summed E-state index contributed by atoms with van der Waals surface area (Å²) in [5, 5.41) is 26.9. The molecule has 0 aromatic heterocycles. The molecule has 6 nitrogen and oxygen atoms in total. The van der Waals surface area contributed by atoms with Gasteiger partial charge in [0.2, 0.25) is 0 Å². The molecule has 0 heterocycles. The van der Waals surface area contributed by atoms with Gasteiger partial charge in [-0.05, 0) is 63.1 Å². The zero-order chi connectivity index (χ0) is 21.9. The van der Waals surface area contributed by atoms with Crippen molar-refractivity contribution in [2.24, 2.45) is 0 Å². The Labute approximate surface area is 180 Å². The standard InChI is InChI=1S/C21H26Cl2N2O4/c1-11-6-13(8-15(23)19(11)29-5)20(28)25-16-9-12(7-14(22)18(16)27)17(26)10-24-21(2,3)4/h6-9,17,24,26-27H,10H2,1-5H3,(H,25,28). The summed E-state index contributed by atoms with van der Waals surface area (Å²) < 4.78 is 5.20. The number of carbonyl (C=O) groups is 1. The largest absolute Gasteiger partial charge is 0.504 e. The van der Waals surface area contributed by atoms with E-state index in [0.717, 1.165) is 0 Å². The fraction of sp³-hybridized carbons (Fsp3) is 0.381. The van der Waals surface area contributed by atoms with Crippen LogP contribution in [0, 0.1) is 6.92 Å². The third-order valence-corrected chi connectivity index (χ3v) is 4.81. The third kappa shape index (κ3) is 6.00. The molecule has 0 aliphatic rings. The second kappa shape index (κ2) is 9.22. The van der Waals surface area contributed by atoms with Gasteiger partial charge in [-0.1, -0.05) is 23.2 Å². The Hall–Kier alpha value is -1.99. The number of aliphatic hydroxyl groups is 1. The topological polar surface area (TPSA) is 90.8 Å². The van der Waals surface area contributed by atoms with Gasteiger partial charge in [-0.2, -0.15) is 0 Å². The van der Waals surface area contributed by atoms with Crippen molar-refractivity contribution in [2.45, 2.75) is 39.3 Å². The molecule has 2 aromatic rings. The first kappa shape index (κ1) is 23.3. The van der Waals surface area contributed by atoms with Gasteiger partial charge >= 0.3 is 0 Å². The van der Waals surface area contributed by atoms with E-state index >= 15 is 0 Å². The number of aliphatic hydroxyl groups excluding tert-OH is 1. The van der Waals surface area contributed by atoms with Crippen molar-refractivity contribution in [3.63, 3.8) is 0 Å². The quantitative estimate of drug-likeness (QED) is 0.489. The molecule has 0 spiro atoms. The number of methoxy groups -OCH3 is 1. The zero-order valence-electron chi connectivity index (χ0n) is 17.1. The molecule has 0 bridgehead atoms. The summed E-state index contributed by atoms with van der Waals surface area (Å²) >= 11 is 12.3. The minimum absolute atomic E-state index is 0.0246. The van der Waals surface area contributed by atoms with Gasteiger partial charge in [0, 0.05) is 17.6 Å². The summed E-state index contributed by atoms with van der Waals surface area (Å²) in [6.45, 7) is 8.01. The highest BCUT2D eigenvalue weighted by Crippen LogP contribution is 2.36. The predicted octanol–water partition coefficient (Wildman–Crippen LogP) is 4.69. The van der Waals surface area contributed by atoms with Gasteiger partial charge in [0.1, 0.15) is 5.75 Å². The number of benzene rings is 2. The number of phenolic OH excluding ortho intramolecular Hbond substituents is 1. The molecule has 1 atom stereocenters. The average molecular weight is 441 g/mol. The first-order chi connectivity index (χ1) is 13.4. The maximum absolute atomic E-state index is 12.7. The molecule has 158 valence electrons. The van der Waals surface area contributed by atoms with Gasteiger partial charge in [-0.3, -0.25) is 4.79 Å². The van der Waals surface area contributed by atoms with E-state index in [9.17, 15) is 15.0 Å². The number of carbonyl (C=O) groups excluding carboxylic acids is 1. The van der Waals surface area contributed by atoms with Crippen LogP contribution in [0.4, 0.5) is 5.69 Å². The van der Waals surface area contributed by atoms with Crippen molar-refractivity contribution in [1.29, 1.82) is 0 Å². The van der Waals surface area contributed by atoms with E-state index in [2.05, 4.69) is 10.6 Å². The fourth-order valence-electron chi connectivity index (χ4n) is 2.74. The molecule has 29 heavy (non-hydrogen) atoms. The Morgan fingerprint density at radius 2 is 1.83 bits per heavy atom. The van der Waals surface area contributed by atoms with Gasteiger partial charge in [0.25, 0.3) is 5.91 Å². The SMILES string of the molecule is COc1c(C)cc(C(=O)Nc2cc(C(O)CNC(C)(C)C)cc(Cl)c2O)cc1Cl. The van der Waals surface area contributed by atoms with E-state index in [0.29, 0.717) is 27.5 Å². The van der Waals surface area contributed by atoms with Crippen LogP contribution in [-0.4, -0.2) is 35.3 Å². The molecule has 0 saturated heterocycles. The van der Waals surface area contributed by atoms with Crippen molar-refractivity contribution < 1.29 is 19.7 Å². The number of hydrogen-bond acceptors (Lipinski definition) is 5. The van der Waals surface area contributed by atoms with Crippen molar-refractivity contribution in [1.82, 2.24) is 5.32 Å². The number of phenols is 1. The number of hydrogen-bond donors (Lipinski definition) is 4. The number of halogens is 2. The molecule has 4 N–H and O–H groups in total. The van der Waals surface area contributed by atoms with E-state index in [1.165, 1.54) is 25.3 Å². The smallest absolute Gasteiger partial charge is 0.255 e. The maximum atomic E-state index is 12.7.